The van der Waals surface area contributed by atoms with Crippen molar-refractivity contribution in [3.8, 4) is 33.4 Å². The Morgan fingerprint density at radius 1 is 0.477 bits per heavy atom. The van der Waals surface area contributed by atoms with E-state index in [9.17, 15) is 0 Å². The maximum absolute atomic E-state index is 2.80. The Balaban J connectivity index is 0.992. The lowest BCUT2D eigenvalue weighted by Gasteiger charge is -2.46. The van der Waals surface area contributed by atoms with E-state index in [0.717, 1.165) is 17.8 Å². The lowest BCUT2D eigenvalue weighted by Crippen LogP contribution is -2.39. The molecule has 2 unspecified atom stereocenters. The number of nitrogens with zero attached hydrogens (tertiary/aromatic N) is 1. The fourth-order valence-corrected chi connectivity index (χ4v) is 18.3. The first kappa shape index (κ1) is 35.6. The zero-order valence-corrected chi connectivity index (χ0v) is 37.5. The van der Waals surface area contributed by atoms with Gasteiger partial charge in [-0.3, -0.25) is 0 Å². The van der Waals surface area contributed by atoms with Gasteiger partial charge in [0, 0.05) is 21.5 Å². The SMILES string of the molecule is c1ccc2c(c1)-c1ccccc1C21c2ccccc2-c2c(-c3cc4c5cc6c(cc5n5c7ccc8c(c7c(c3)c45)C3CC4CC(CC8C4)C3)CC3(CCCC3)CC63CCCC3)cccc21. The van der Waals surface area contributed by atoms with E-state index in [1.54, 1.807) is 27.6 Å². The van der Waals surface area contributed by atoms with Gasteiger partial charge in [0.2, 0.25) is 0 Å². The summed E-state index contributed by atoms with van der Waals surface area (Å²) in [5.41, 5.74) is 25.9. The van der Waals surface area contributed by atoms with Gasteiger partial charge in [-0.2, -0.15) is 0 Å². The minimum Gasteiger partial charge on any atom is -0.308 e. The fraction of sp³-hybridized carbons (Fsp3) is 0.344. The maximum Gasteiger partial charge on any atom is 0.0725 e. The average molecular weight is 838 g/mol. The first-order valence-corrected chi connectivity index (χ1v) is 25.9. The molecule has 9 aliphatic carbocycles. The van der Waals surface area contributed by atoms with Crippen molar-refractivity contribution < 1.29 is 0 Å². The fourth-order valence-electron chi connectivity index (χ4n) is 18.3. The molecule has 0 saturated heterocycles. The van der Waals surface area contributed by atoms with Crippen LogP contribution in [0.15, 0.2) is 127 Å². The zero-order chi connectivity index (χ0) is 42.0. The van der Waals surface area contributed by atoms with Crippen LogP contribution >= 0.6 is 0 Å². The van der Waals surface area contributed by atoms with Gasteiger partial charge in [-0.05, 0) is 213 Å². The second-order valence-corrected chi connectivity index (χ2v) is 23.2. The third kappa shape index (κ3) is 4.23. The molecule has 9 aromatic rings. The molecule has 0 aliphatic heterocycles. The van der Waals surface area contributed by atoms with Gasteiger partial charge in [-0.25, -0.2) is 0 Å². The second kappa shape index (κ2) is 12.0. The first-order chi connectivity index (χ1) is 32.1. The van der Waals surface area contributed by atoms with Gasteiger partial charge in [-0.15, -0.1) is 0 Å². The molecule has 18 rings (SSSR count). The molecule has 4 saturated carbocycles. The molecule has 4 bridgehead atoms. The van der Waals surface area contributed by atoms with E-state index in [-0.39, 0.29) is 5.41 Å². The van der Waals surface area contributed by atoms with Crippen molar-refractivity contribution in [1.82, 2.24) is 4.40 Å². The molecule has 3 spiro atoms. The molecule has 2 atom stereocenters. The van der Waals surface area contributed by atoms with E-state index < -0.39 is 0 Å². The number of rotatable bonds is 1. The number of hydrogen-bond donors (Lipinski definition) is 0. The molecular weight excluding hydrogens is 783 g/mol. The van der Waals surface area contributed by atoms with E-state index in [0.29, 0.717) is 16.7 Å². The highest BCUT2D eigenvalue weighted by Crippen LogP contribution is 2.65. The molecule has 0 amide bonds. The van der Waals surface area contributed by atoms with Crippen LogP contribution in [0, 0.1) is 17.3 Å². The maximum atomic E-state index is 2.80. The number of fused-ring (bicyclic) bond motifs is 18. The van der Waals surface area contributed by atoms with Crippen LogP contribution in [-0.2, 0) is 17.3 Å². The Morgan fingerprint density at radius 3 is 1.86 bits per heavy atom. The van der Waals surface area contributed by atoms with Crippen molar-refractivity contribution >= 4 is 38.1 Å². The number of hydrogen-bond acceptors (Lipinski definition) is 0. The molecule has 65 heavy (non-hydrogen) atoms. The Bertz CT molecular complexity index is 3520. The van der Waals surface area contributed by atoms with Crippen LogP contribution in [-0.4, -0.2) is 4.40 Å². The summed E-state index contributed by atoms with van der Waals surface area (Å²) in [7, 11) is 0. The molecule has 2 aromatic heterocycles. The van der Waals surface area contributed by atoms with E-state index >= 15 is 0 Å². The number of benzene rings is 7. The topological polar surface area (TPSA) is 4.41 Å². The summed E-state index contributed by atoms with van der Waals surface area (Å²) in [5.74, 6) is 3.20. The summed E-state index contributed by atoms with van der Waals surface area (Å²) in [6.45, 7) is 0. The highest BCUT2D eigenvalue weighted by molar-refractivity contribution is 6.26. The molecular formula is C64H55N. The van der Waals surface area contributed by atoms with Crippen molar-refractivity contribution in [2.75, 3.05) is 0 Å². The van der Waals surface area contributed by atoms with E-state index in [4.69, 9.17) is 0 Å². The lowest BCUT2D eigenvalue weighted by atomic mass is 9.58. The normalized spacial score (nSPS) is 25.3. The summed E-state index contributed by atoms with van der Waals surface area (Å²) in [4.78, 5) is 0. The standard InChI is InChI=1S/C64H55N/c1-4-16-51-45(12-1)46-13-2-5-17-52(46)64(51)53-18-6-3-14-47(53)59-43(15-11-19-54(59)64)40-31-49-48-34-55-42(35-62(22-7-8-23-62)36-63(55)24-9-10-25-63)33-57(48)65-56-21-20-44-39-27-37-26-38(28-39)30-41(29-37)58(44)60(56)50(32-40)61(49)65/h1-6,11-21,31-34,37-39,41H,7-10,22-30,35-36H2. The van der Waals surface area contributed by atoms with Crippen LogP contribution in [0.2, 0.25) is 0 Å². The van der Waals surface area contributed by atoms with Crippen molar-refractivity contribution in [2.24, 2.45) is 17.3 Å². The van der Waals surface area contributed by atoms with Crippen LogP contribution in [0.5, 0.6) is 0 Å². The molecule has 316 valence electrons. The van der Waals surface area contributed by atoms with Crippen molar-refractivity contribution in [1.29, 1.82) is 0 Å². The first-order valence-electron chi connectivity index (χ1n) is 25.9. The lowest BCUT2D eigenvalue weighted by molar-refractivity contribution is 0.166. The summed E-state index contributed by atoms with van der Waals surface area (Å²) in [6, 6.07) is 51.5. The van der Waals surface area contributed by atoms with E-state index in [1.165, 1.54) is 185 Å². The van der Waals surface area contributed by atoms with Gasteiger partial charge in [0.25, 0.3) is 0 Å². The molecule has 1 heteroatoms. The van der Waals surface area contributed by atoms with Crippen molar-refractivity contribution in [2.45, 2.75) is 119 Å². The van der Waals surface area contributed by atoms with Crippen molar-refractivity contribution in [3.05, 3.63) is 172 Å². The smallest absolute Gasteiger partial charge is 0.0725 e. The highest BCUT2D eigenvalue weighted by atomic mass is 14.9. The summed E-state index contributed by atoms with van der Waals surface area (Å²) in [6.07, 6.45) is 21.0. The van der Waals surface area contributed by atoms with Crippen LogP contribution in [0.4, 0.5) is 0 Å². The molecule has 4 fully saturated rings. The minimum absolute atomic E-state index is 0.348. The third-order valence-corrected chi connectivity index (χ3v) is 20.2. The Hall–Kier alpha value is -5.66. The average Bonchev–Trinajstić information content (AvgIpc) is 4.19. The summed E-state index contributed by atoms with van der Waals surface area (Å²) in [5, 5.41) is 6.09. The quantitative estimate of drug-likeness (QED) is 0.155. The predicted octanol–water partition coefficient (Wildman–Crippen LogP) is 16.6. The minimum atomic E-state index is -0.348. The monoisotopic (exact) mass is 837 g/mol. The van der Waals surface area contributed by atoms with Crippen LogP contribution in [0.25, 0.3) is 71.5 Å². The zero-order valence-electron chi connectivity index (χ0n) is 37.5. The summed E-state index contributed by atoms with van der Waals surface area (Å²) < 4.78 is 2.80. The van der Waals surface area contributed by atoms with Crippen LogP contribution in [0.3, 0.4) is 0 Å². The Morgan fingerprint density at radius 2 is 1.11 bits per heavy atom. The second-order valence-electron chi connectivity index (χ2n) is 23.2. The highest BCUT2D eigenvalue weighted by Gasteiger charge is 2.53. The number of aromatic nitrogens is 1. The Kier molecular flexibility index (Phi) is 6.58. The van der Waals surface area contributed by atoms with E-state index in [2.05, 4.69) is 132 Å². The largest absolute Gasteiger partial charge is 0.308 e. The molecule has 2 heterocycles. The third-order valence-electron chi connectivity index (χ3n) is 20.2. The van der Waals surface area contributed by atoms with Crippen LogP contribution < -0.4 is 0 Å². The molecule has 7 aromatic carbocycles. The van der Waals surface area contributed by atoms with Gasteiger partial charge in [0.1, 0.15) is 0 Å². The Labute approximate surface area is 382 Å². The van der Waals surface area contributed by atoms with Gasteiger partial charge in [-0.1, -0.05) is 123 Å². The molecule has 9 aliphatic rings. The molecule has 0 N–H and O–H groups in total. The van der Waals surface area contributed by atoms with E-state index in [1.807, 2.05) is 0 Å². The summed E-state index contributed by atoms with van der Waals surface area (Å²) >= 11 is 0. The predicted molar refractivity (Wildman–Crippen MR) is 268 cm³/mol. The van der Waals surface area contributed by atoms with Crippen molar-refractivity contribution in [3.63, 3.8) is 0 Å². The molecule has 1 nitrogen and oxygen atoms in total. The van der Waals surface area contributed by atoms with Gasteiger partial charge >= 0.3 is 0 Å². The van der Waals surface area contributed by atoms with Gasteiger partial charge in [0.05, 0.1) is 22.0 Å². The van der Waals surface area contributed by atoms with Gasteiger partial charge < -0.3 is 4.40 Å². The van der Waals surface area contributed by atoms with Crippen LogP contribution in [0.1, 0.15) is 146 Å². The molecule has 0 radical (unpaired) electrons. The van der Waals surface area contributed by atoms with Gasteiger partial charge in [0.15, 0.2) is 0 Å².